The van der Waals surface area contributed by atoms with Gasteiger partial charge in [-0.15, -0.1) is 13.2 Å². The zero-order chi connectivity index (χ0) is 26.0. The second-order valence-electron chi connectivity index (χ2n) is 7.42. The first-order chi connectivity index (χ1) is 17.2. The Kier molecular flexibility index (Phi) is 9.12. The average Bonchev–Trinajstić information content (AvgIpc) is 2.85. The zero-order valence-electron chi connectivity index (χ0n) is 19.1. The molecule has 3 aromatic carbocycles. The minimum Gasteiger partial charge on any atom is -0.406 e. The van der Waals surface area contributed by atoms with Crippen molar-refractivity contribution < 1.29 is 17.9 Å². The van der Waals surface area contributed by atoms with E-state index in [2.05, 4.69) is 30.9 Å². The normalized spacial score (nSPS) is 12.3. The van der Waals surface area contributed by atoms with Crippen LogP contribution >= 0.6 is 12.2 Å². The van der Waals surface area contributed by atoms with Crippen LogP contribution in [0.15, 0.2) is 89.0 Å². The van der Waals surface area contributed by atoms with Crippen molar-refractivity contribution >= 4 is 41.4 Å². The number of halogens is 3. The van der Waals surface area contributed by atoms with Crippen molar-refractivity contribution in [3.05, 3.63) is 95.6 Å². The first-order valence-corrected chi connectivity index (χ1v) is 11.1. The van der Waals surface area contributed by atoms with Crippen LogP contribution in [0.1, 0.15) is 29.7 Å². The molecule has 4 N–H and O–H groups in total. The third kappa shape index (κ3) is 8.84. The molecule has 0 aliphatic carbocycles. The molecule has 186 valence electrons. The number of hydrazone groups is 1. The number of anilines is 1. The number of nitrogens with zero attached hydrogens (tertiary/aromatic N) is 2. The van der Waals surface area contributed by atoms with E-state index in [1.54, 1.807) is 30.5 Å². The molecule has 3 aromatic rings. The van der Waals surface area contributed by atoms with Crippen molar-refractivity contribution in [1.82, 2.24) is 10.7 Å². The zero-order valence-corrected chi connectivity index (χ0v) is 19.9. The summed E-state index contributed by atoms with van der Waals surface area (Å²) >= 11 is 5.27. The topological polar surface area (TPSA) is 93.9 Å². The van der Waals surface area contributed by atoms with Crippen LogP contribution in [-0.2, 0) is 0 Å². The second kappa shape index (κ2) is 12.5. The van der Waals surface area contributed by atoms with E-state index in [1.807, 2.05) is 37.3 Å². The monoisotopic (exact) mass is 512 g/mol. The van der Waals surface area contributed by atoms with Gasteiger partial charge >= 0.3 is 6.36 Å². The van der Waals surface area contributed by atoms with Gasteiger partial charge in [-0.1, -0.05) is 54.6 Å². The molecule has 0 aliphatic rings. The van der Waals surface area contributed by atoms with Gasteiger partial charge < -0.3 is 15.4 Å². The molecule has 7 nitrogen and oxygen atoms in total. The first kappa shape index (κ1) is 26.4. The molecule has 0 saturated heterocycles. The van der Waals surface area contributed by atoms with E-state index in [0.717, 1.165) is 11.1 Å². The van der Waals surface area contributed by atoms with Crippen LogP contribution in [0.2, 0.25) is 0 Å². The Labute approximate surface area is 211 Å². The molecule has 0 spiro atoms. The number of alkyl halides is 3. The maximum absolute atomic E-state index is 12.2. The Bertz CT molecular complexity index is 1210. The Morgan fingerprint density at radius 1 is 1.00 bits per heavy atom. The number of rotatable bonds is 8. The SMILES string of the molecule is CC(NC(=S)N/N=C/c1ccc(C(=N)/N=C\Nc2ccc(OC(F)(F)F)cc2)cc1)c1ccccc1. The highest BCUT2D eigenvalue weighted by molar-refractivity contribution is 7.80. The maximum Gasteiger partial charge on any atom is 0.573 e. The molecule has 0 amide bonds. The first-order valence-electron chi connectivity index (χ1n) is 10.7. The molecule has 0 bridgehead atoms. The molecular formula is C25H23F3N6OS. The van der Waals surface area contributed by atoms with Crippen molar-refractivity contribution in [1.29, 1.82) is 5.41 Å². The van der Waals surface area contributed by atoms with Gasteiger partial charge in [0.2, 0.25) is 0 Å². The van der Waals surface area contributed by atoms with Crippen molar-refractivity contribution in [3.8, 4) is 5.75 Å². The lowest BCUT2D eigenvalue weighted by Gasteiger charge is -2.15. The van der Waals surface area contributed by atoms with Gasteiger partial charge in [-0.2, -0.15) is 5.10 Å². The van der Waals surface area contributed by atoms with E-state index >= 15 is 0 Å². The Morgan fingerprint density at radius 3 is 2.31 bits per heavy atom. The maximum atomic E-state index is 12.2. The number of aliphatic imine (C=N–C) groups is 1. The summed E-state index contributed by atoms with van der Waals surface area (Å²) in [4.78, 5) is 4.00. The third-order valence-electron chi connectivity index (χ3n) is 4.72. The highest BCUT2D eigenvalue weighted by Gasteiger charge is 2.30. The summed E-state index contributed by atoms with van der Waals surface area (Å²) in [5.41, 5.74) is 5.74. The van der Waals surface area contributed by atoms with E-state index in [-0.39, 0.29) is 17.6 Å². The average molecular weight is 513 g/mol. The summed E-state index contributed by atoms with van der Waals surface area (Å²) in [5.74, 6) is -0.321. The van der Waals surface area contributed by atoms with E-state index < -0.39 is 6.36 Å². The van der Waals surface area contributed by atoms with Crippen molar-refractivity contribution in [2.45, 2.75) is 19.3 Å². The summed E-state index contributed by atoms with van der Waals surface area (Å²) in [6.07, 6.45) is -1.86. The summed E-state index contributed by atoms with van der Waals surface area (Å²) in [5, 5.41) is 18.5. The molecule has 0 aliphatic heterocycles. The lowest BCUT2D eigenvalue weighted by Crippen LogP contribution is -2.34. The predicted octanol–water partition coefficient (Wildman–Crippen LogP) is 5.61. The third-order valence-corrected chi connectivity index (χ3v) is 4.93. The molecule has 11 heteroatoms. The fourth-order valence-electron chi connectivity index (χ4n) is 2.95. The van der Waals surface area contributed by atoms with Crippen molar-refractivity contribution in [3.63, 3.8) is 0 Å². The highest BCUT2D eigenvalue weighted by Crippen LogP contribution is 2.23. The van der Waals surface area contributed by atoms with Gasteiger partial charge in [0.25, 0.3) is 0 Å². The van der Waals surface area contributed by atoms with Gasteiger partial charge in [0.15, 0.2) is 10.9 Å². The van der Waals surface area contributed by atoms with E-state index in [4.69, 9.17) is 17.6 Å². The van der Waals surface area contributed by atoms with Crippen LogP contribution in [0.3, 0.4) is 0 Å². The van der Waals surface area contributed by atoms with Crippen LogP contribution in [-0.4, -0.2) is 29.9 Å². The Morgan fingerprint density at radius 2 is 1.67 bits per heavy atom. The molecule has 3 rings (SSSR count). The molecule has 0 heterocycles. The quantitative estimate of drug-likeness (QED) is 0.136. The summed E-state index contributed by atoms with van der Waals surface area (Å²) in [6, 6.07) is 22.1. The summed E-state index contributed by atoms with van der Waals surface area (Å²) in [6.45, 7) is 2.00. The highest BCUT2D eigenvalue weighted by atomic mass is 32.1. The number of hydrogen-bond donors (Lipinski definition) is 4. The van der Waals surface area contributed by atoms with Crippen molar-refractivity contribution in [2.75, 3.05) is 5.32 Å². The largest absolute Gasteiger partial charge is 0.573 e. The predicted molar refractivity (Wildman–Crippen MR) is 140 cm³/mol. The van der Waals surface area contributed by atoms with Gasteiger partial charge in [-0.05, 0) is 54.5 Å². The standard InChI is InChI=1S/C25H23F3N6OS/c1-17(19-5-3-2-4-6-19)33-24(36)34-32-15-18-7-9-20(10-8-18)23(29)31-16-30-21-11-13-22(14-12-21)35-25(26,27)28/h2-17H,1H3,(H2,29,30,31)(H2,33,34,36)/b32-15+. The van der Waals surface area contributed by atoms with Gasteiger partial charge in [0, 0.05) is 11.3 Å². The molecule has 0 saturated carbocycles. The summed E-state index contributed by atoms with van der Waals surface area (Å²) < 4.78 is 40.4. The van der Waals surface area contributed by atoms with Gasteiger partial charge in [-0.3, -0.25) is 10.8 Å². The molecule has 0 aromatic heterocycles. The number of benzene rings is 3. The Hall–Kier alpha value is -4.25. The number of nitrogens with one attached hydrogen (secondary N) is 4. The molecular weight excluding hydrogens is 489 g/mol. The number of ether oxygens (including phenoxy) is 1. The number of amidine groups is 1. The van der Waals surface area contributed by atoms with E-state index in [9.17, 15) is 13.2 Å². The minimum atomic E-state index is -4.74. The molecule has 0 radical (unpaired) electrons. The molecule has 1 unspecified atom stereocenters. The fourth-order valence-corrected chi connectivity index (χ4v) is 3.17. The smallest absolute Gasteiger partial charge is 0.406 e. The van der Waals surface area contributed by atoms with Crippen LogP contribution in [0, 0.1) is 5.41 Å². The van der Waals surface area contributed by atoms with Gasteiger partial charge in [0.05, 0.1) is 18.6 Å². The fraction of sp³-hybridized carbons (Fsp3) is 0.120. The van der Waals surface area contributed by atoms with Crippen LogP contribution < -0.4 is 20.8 Å². The van der Waals surface area contributed by atoms with Crippen molar-refractivity contribution in [2.24, 2.45) is 10.1 Å². The van der Waals surface area contributed by atoms with E-state index in [0.29, 0.717) is 16.4 Å². The van der Waals surface area contributed by atoms with Crippen LogP contribution in [0.4, 0.5) is 18.9 Å². The minimum absolute atomic E-state index is 0.00131. The number of hydrogen-bond acceptors (Lipinski definition) is 4. The second-order valence-corrected chi connectivity index (χ2v) is 7.83. The molecule has 1 atom stereocenters. The Balaban J connectivity index is 1.45. The van der Waals surface area contributed by atoms with Gasteiger partial charge in [0.1, 0.15) is 5.75 Å². The molecule has 0 fully saturated rings. The number of thiocarbonyl (C=S) groups is 1. The molecule has 36 heavy (non-hydrogen) atoms. The van der Waals surface area contributed by atoms with Crippen LogP contribution in [0.5, 0.6) is 5.75 Å². The summed E-state index contributed by atoms with van der Waals surface area (Å²) in [7, 11) is 0. The lowest BCUT2D eigenvalue weighted by molar-refractivity contribution is -0.274. The van der Waals surface area contributed by atoms with Gasteiger partial charge in [-0.25, -0.2) is 4.99 Å². The lowest BCUT2D eigenvalue weighted by atomic mass is 10.1. The van der Waals surface area contributed by atoms with Crippen LogP contribution in [0.25, 0.3) is 0 Å². The van der Waals surface area contributed by atoms with E-state index in [1.165, 1.54) is 30.6 Å².